The van der Waals surface area contributed by atoms with Crippen LogP contribution in [0.25, 0.3) is 0 Å². The second-order valence-corrected chi connectivity index (χ2v) is 4.69. The van der Waals surface area contributed by atoms with Crippen molar-refractivity contribution in [2.24, 2.45) is 0 Å². The topological polar surface area (TPSA) is 32.3 Å². The van der Waals surface area contributed by atoms with Gasteiger partial charge in [0.25, 0.3) is 0 Å². The number of amides is 1. The SMILES string of the molecule is CCN(C(=O)CCCNC)c1cc(C)cc(C)c1.Cl. The Morgan fingerprint density at radius 2 is 1.79 bits per heavy atom. The lowest BCUT2D eigenvalue weighted by molar-refractivity contribution is -0.118. The fourth-order valence-corrected chi connectivity index (χ4v) is 2.16. The minimum Gasteiger partial charge on any atom is -0.320 e. The molecule has 1 aromatic carbocycles. The van der Waals surface area contributed by atoms with Crippen molar-refractivity contribution in [2.45, 2.75) is 33.6 Å². The predicted molar refractivity (Wildman–Crippen MR) is 84.4 cm³/mol. The average molecular weight is 285 g/mol. The van der Waals surface area contributed by atoms with E-state index in [1.807, 2.05) is 18.9 Å². The fourth-order valence-electron chi connectivity index (χ4n) is 2.16. The zero-order chi connectivity index (χ0) is 13.5. The number of rotatable bonds is 6. The molecule has 1 aromatic rings. The number of carbonyl (C=O) groups excluding carboxylic acids is 1. The minimum absolute atomic E-state index is 0. The predicted octanol–water partition coefficient (Wildman–Crippen LogP) is 3.08. The summed E-state index contributed by atoms with van der Waals surface area (Å²) in [4.78, 5) is 14.0. The van der Waals surface area contributed by atoms with Crippen LogP contribution in [0.15, 0.2) is 18.2 Å². The van der Waals surface area contributed by atoms with Gasteiger partial charge in [-0.15, -0.1) is 12.4 Å². The number of nitrogens with one attached hydrogen (secondary N) is 1. The van der Waals surface area contributed by atoms with Crippen molar-refractivity contribution in [1.29, 1.82) is 0 Å². The monoisotopic (exact) mass is 284 g/mol. The van der Waals surface area contributed by atoms with Crippen molar-refractivity contribution in [2.75, 3.05) is 25.0 Å². The third-order valence-corrected chi connectivity index (χ3v) is 2.95. The van der Waals surface area contributed by atoms with Gasteiger partial charge >= 0.3 is 0 Å². The molecule has 1 N–H and O–H groups in total. The molecular weight excluding hydrogens is 260 g/mol. The van der Waals surface area contributed by atoms with Crippen LogP contribution in [0.1, 0.15) is 30.9 Å². The van der Waals surface area contributed by atoms with Crippen LogP contribution in [0.3, 0.4) is 0 Å². The second-order valence-electron chi connectivity index (χ2n) is 4.69. The molecule has 0 aromatic heterocycles. The Labute approximate surface area is 122 Å². The molecule has 0 atom stereocenters. The van der Waals surface area contributed by atoms with E-state index in [9.17, 15) is 4.79 Å². The van der Waals surface area contributed by atoms with Gasteiger partial charge in [0.2, 0.25) is 5.91 Å². The quantitative estimate of drug-likeness (QED) is 0.814. The summed E-state index contributed by atoms with van der Waals surface area (Å²) in [7, 11) is 1.91. The Kier molecular flexibility index (Phi) is 8.44. The molecule has 0 saturated carbocycles. The van der Waals surface area contributed by atoms with E-state index in [0.29, 0.717) is 6.42 Å². The van der Waals surface area contributed by atoms with Gasteiger partial charge in [-0.1, -0.05) is 6.07 Å². The summed E-state index contributed by atoms with van der Waals surface area (Å²) in [5.74, 6) is 0.206. The van der Waals surface area contributed by atoms with Crippen molar-refractivity contribution in [1.82, 2.24) is 5.32 Å². The third kappa shape index (κ3) is 5.62. The first-order valence-corrected chi connectivity index (χ1v) is 6.61. The first-order chi connectivity index (χ1) is 8.58. The summed E-state index contributed by atoms with van der Waals surface area (Å²) < 4.78 is 0. The maximum atomic E-state index is 12.2. The Hall–Kier alpha value is -1.06. The number of nitrogens with zero attached hydrogens (tertiary/aromatic N) is 1. The number of aryl methyl sites for hydroxylation is 2. The number of benzene rings is 1. The van der Waals surface area contributed by atoms with E-state index in [1.165, 1.54) is 11.1 Å². The Morgan fingerprint density at radius 3 is 2.26 bits per heavy atom. The standard InChI is InChI=1S/C15H24N2O.ClH/c1-5-17(15(18)7-6-8-16-4)14-10-12(2)9-13(3)11-14;/h9-11,16H,5-8H2,1-4H3;1H. The molecule has 108 valence electrons. The summed E-state index contributed by atoms with van der Waals surface area (Å²) in [6, 6.07) is 6.28. The first-order valence-electron chi connectivity index (χ1n) is 6.61. The van der Waals surface area contributed by atoms with Gasteiger partial charge in [-0.05, 0) is 64.0 Å². The zero-order valence-electron chi connectivity index (χ0n) is 12.3. The highest BCUT2D eigenvalue weighted by atomic mass is 35.5. The fraction of sp³-hybridized carbons (Fsp3) is 0.533. The molecule has 4 heteroatoms. The summed E-state index contributed by atoms with van der Waals surface area (Å²) in [5.41, 5.74) is 3.42. The van der Waals surface area contributed by atoms with Crippen molar-refractivity contribution in [3.8, 4) is 0 Å². The van der Waals surface area contributed by atoms with Gasteiger partial charge in [0.1, 0.15) is 0 Å². The lowest BCUT2D eigenvalue weighted by Gasteiger charge is -2.22. The van der Waals surface area contributed by atoms with Gasteiger partial charge in [0, 0.05) is 18.7 Å². The van der Waals surface area contributed by atoms with Crippen LogP contribution in [-0.2, 0) is 4.79 Å². The van der Waals surface area contributed by atoms with Crippen molar-refractivity contribution in [3.63, 3.8) is 0 Å². The number of anilines is 1. The van der Waals surface area contributed by atoms with E-state index >= 15 is 0 Å². The van der Waals surface area contributed by atoms with Gasteiger partial charge in [0.15, 0.2) is 0 Å². The van der Waals surface area contributed by atoms with Crippen LogP contribution < -0.4 is 10.2 Å². The molecule has 0 aliphatic carbocycles. The molecule has 1 rings (SSSR count). The second kappa shape index (κ2) is 8.94. The molecule has 0 fully saturated rings. The summed E-state index contributed by atoms with van der Waals surface area (Å²) >= 11 is 0. The Balaban J connectivity index is 0.00000324. The average Bonchev–Trinajstić information content (AvgIpc) is 2.29. The summed E-state index contributed by atoms with van der Waals surface area (Å²) in [6.45, 7) is 7.76. The van der Waals surface area contributed by atoms with Crippen molar-refractivity contribution >= 4 is 24.0 Å². The van der Waals surface area contributed by atoms with Crippen LogP contribution in [0.2, 0.25) is 0 Å². The molecule has 0 heterocycles. The van der Waals surface area contributed by atoms with E-state index in [-0.39, 0.29) is 18.3 Å². The maximum absolute atomic E-state index is 12.2. The lowest BCUT2D eigenvalue weighted by Crippen LogP contribution is -2.31. The molecule has 0 spiro atoms. The van der Waals surface area contributed by atoms with Gasteiger partial charge in [-0.3, -0.25) is 4.79 Å². The highest BCUT2D eigenvalue weighted by Crippen LogP contribution is 2.19. The minimum atomic E-state index is 0. The molecular formula is C15H25ClN2O. The Morgan fingerprint density at radius 1 is 1.21 bits per heavy atom. The van der Waals surface area contributed by atoms with E-state index in [0.717, 1.165) is 25.2 Å². The molecule has 0 saturated heterocycles. The van der Waals surface area contributed by atoms with Crippen LogP contribution in [-0.4, -0.2) is 26.0 Å². The van der Waals surface area contributed by atoms with Gasteiger partial charge in [-0.2, -0.15) is 0 Å². The summed E-state index contributed by atoms with van der Waals surface area (Å²) in [5, 5.41) is 3.07. The molecule has 0 aliphatic rings. The highest BCUT2D eigenvalue weighted by Gasteiger charge is 2.13. The zero-order valence-corrected chi connectivity index (χ0v) is 13.1. The molecule has 0 radical (unpaired) electrons. The normalized spacial score (nSPS) is 9.89. The number of hydrogen-bond donors (Lipinski definition) is 1. The van der Waals surface area contributed by atoms with Gasteiger partial charge < -0.3 is 10.2 Å². The molecule has 1 amide bonds. The molecule has 3 nitrogen and oxygen atoms in total. The third-order valence-electron chi connectivity index (χ3n) is 2.95. The number of hydrogen-bond acceptors (Lipinski definition) is 2. The highest BCUT2D eigenvalue weighted by molar-refractivity contribution is 5.93. The van der Waals surface area contributed by atoms with Crippen LogP contribution >= 0.6 is 12.4 Å². The molecule has 0 aliphatic heterocycles. The van der Waals surface area contributed by atoms with Crippen LogP contribution in [0, 0.1) is 13.8 Å². The Bertz CT molecular complexity index is 387. The number of carbonyl (C=O) groups is 1. The van der Waals surface area contributed by atoms with E-state index in [1.54, 1.807) is 0 Å². The van der Waals surface area contributed by atoms with E-state index < -0.39 is 0 Å². The van der Waals surface area contributed by atoms with E-state index in [4.69, 9.17) is 0 Å². The number of halogens is 1. The smallest absolute Gasteiger partial charge is 0.227 e. The van der Waals surface area contributed by atoms with Crippen molar-refractivity contribution in [3.05, 3.63) is 29.3 Å². The molecule has 0 bridgehead atoms. The lowest BCUT2D eigenvalue weighted by atomic mass is 10.1. The van der Waals surface area contributed by atoms with Crippen LogP contribution in [0.4, 0.5) is 5.69 Å². The largest absolute Gasteiger partial charge is 0.320 e. The summed E-state index contributed by atoms with van der Waals surface area (Å²) in [6.07, 6.45) is 1.48. The van der Waals surface area contributed by atoms with Crippen molar-refractivity contribution < 1.29 is 4.79 Å². The van der Waals surface area contributed by atoms with E-state index in [2.05, 4.69) is 37.4 Å². The maximum Gasteiger partial charge on any atom is 0.227 e. The van der Waals surface area contributed by atoms with Crippen LogP contribution in [0.5, 0.6) is 0 Å². The molecule has 19 heavy (non-hydrogen) atoms. The van der Waals surface area contributed by atoms with Gasteiger partial charge in [-0.25, -0.2) is 0 Å². The first kappa shape index (κ1) is 17.9. The molecule has 0 unspecified atom stereocenters. The van der Waals surface area contributed by atoms with Gasteiger partial charge in [0.05, 0.1) is 0 Å².